The molecule has 1 aromatic heterocycles. The van der Waals surface area contributed by atoms with Crippen LogP contribution in [0.15, 0.2) is 48.3 Å². The van der Waals surface area contributed by atoms with E-state index in [9.17, 15) is 4.79 Å². The maximum Gasteiger partial charge on any atom is 0.256 e. The molecule has 21 heavy (non-hydrogen) atoms. The van der Waals surface area contributed by atoms with Crippen LogP contribution in [0.1, 0.15) is 6.92 Å². The van der Waals surface area contributed by atoms with Gasteiger partial charge in [0.25, 0.3) is 5.79 Å². The topological polar surface area (TPSA) is 53.4 Å². The lowest BCUT2D eigenvalue weighted by Gasteiger charge is -2.32. The molecule has 1 aliphatic carbocycles. The van der Waals surface area contributed by atoms with Gasteiger partial charge in [-0.3, -0.25) is 9.36 Å². The maximum absolute atomic E-state index is 12.4. The molecule has 0 saturated heterocycles. The molecule has 3 rings (SSSR count). The summed E-state index contributed by atoms with van der Waals surface area (Å²) < 4.78 is 12.5. The molecule has 0 spiro atoms. The lowest BCUT2D eigenvalue weighted by molar-refractivity contribution is -0.185. The quantitative estimate of drug-likeness (QED) is 0.812. The van der Waals surface area contributed by atoms with E-state index in [1.807, 2.05) is 41.8 Å². The third-order valence-corrected chi connectivity index (χ3v) is 3.79. The summed E-state index contributed by atoms with van der Waals surface area (Å²) >= 11 is 0. The molecule has 0 aliphatic heterocycles. The normalized spacial score (nSPS) is 17.8. The highest BCUT2D eigenvalue weighted by Gasteiger charge is 2.42. The first-order chi connectivity index (χ1) is 10.1. The molecular weight excluding hydrogens is 268 g/mol. The minimum Gasteiger partial charge on any atom is -0.343 e. The Morgan fingerprint density at radius 1 is 1.14 bits per heavy atom. The van der Waals surface area contributed by atoms with E-state index in [2.05, 4.69) is 4.98 Å². The molecule has 0 saturated carbocycles. The van der Waals surface area contributed by atoms with Crippen molar-refractivity contribution in [1.29, 1.82) is 0 Å². The number of carbonyl (C=O) groups is 1. The van der Waals surface area contributed by atoms with E-state index >= 15 is 0 Å². The van der Waals surface area contributed by atoms with E-state index in [1.54, 1.807) is 6.33 Å². The molecule has 1 heterocycles. The van der Waals surface area contributed by atoms with Crippen molar-refractivity contribution in [3.63, 3.8) is 0 Å². The number of aromatic nitrogens is 2. The average Bonchev–Trinajstić information content (AvgIpc) is 2.92. The third kappa shape index (κ3) is 1.93. The fraction of sp³-hybridized carbons (Fsp3) is 0.250. The number of hydrogen-bond donors (Lipinski definition) is 0. The Morgan fingerprint density at radius 3 is 2.52 bits per heavy atom. The number of allylic oxidation sites excluding steroid dienone is 2. The van der Waals surface area contributed by atoms with E-state index in [-0.39, 0.29) is 5.78 Å². The Labute approximate surface area is 122 Å². The van der Waals surface area contributed by atoms with Crippen LogP contribution in [0, 0.1) is 0 Å². The second kappa shape index (κ2) is 4.95. The van der Waals surface area contributed by atoms with Crippen LogP contribution >= 0.6 is 0 Å². The highest BCUT2D eigenvalue weighted by Crippen LogP contribution is 2.31. The molecule has 5 heteroatoms. The summed E-state index contributed by atoms with van der Waals surface area (Å²) in [4.78, 5) is 16.8. The molecule has 0 radical (unpaired) electrons. The van der Waals surface area contributed by atoms with Crippen LogP contribution in [0.2, 0.25) is 0 Å². The number of fused-ring (bicyclic) bond motifs is 1. The number of imidazole rings is 1. The van der Waals surface area contributed by atoms with Gasteiger partial charge in [-0.05, 0) is 30.7 Å². The van der Waals surface area contributed by atoms with E-state index in [1.165, 1.54) is 20.3 Å². The fourth-order valence-electron chi connectivity index (χ4n) is 2.69. The first-order valence-corrected chi connectivity index (χ1v) is 6.60. The maximum atomic E-state index is 12.4. The molecular formula is C16H16N2O3. The van der Waals surface area contributed by atoms with Crippen LogP contribution in [0.4, 0.5) is 0 Å². The van der Waals surface area contributed by atoms with E-state index < -0.39 is 5.79 Å². The highest BCUT2D eigenvalue weighted by molar-refractivity contribution is 6.06. The van der Waals surface area contributed by atoms with E-state index in [4.69, 9.17) is 9.47 Å². The van der Waals surface area contributed by atoms with Gasteiger partial charge in [0, 0.05) is 20.3 Å². The Hall–Kier alpha value is -2.24. The monoisotopic (exact) mass is 284 g/mol. The second-order valence-electron chi connectivity index (χ2n) is 4.89. The first-order valence-electron chi connectivity index (χ1n) is 6.60. The Bertz CT molecular complexity index is 767. The number of rotatable bonds is 3. The SMILES string of the molecule is COC1(OC)C(=O)C=C(n2cnc3ccccc32)C=C1C. The standard InChI is InChI=1S/C16H16N2O3/c1-11-8-12(9-15(19)16(11,20-2)21-3)18-10-17-13-6-4-5-7-14(13)18/h4-10H,1-3H3. The predicted octanol–water partition coefficient (Wildman–Crippen LogP) is 2.40. The molecule has 0 atom stereocenters. The van der Waals surface area contributed by atoms with Crippen molar-refractivity contribution < 1.29 is 14.3 Å². The van der Waals surface area contributed by atoms with E-state index in [0.29, 0.717) is 5.57 Å². The summed E-state index contributed by atoms with van der Waals surface area (Å²) in [6.45, 7) is 1.82. The first kappa shape index (κ1) is 13.7. The van der Waals surface area contributed by atoms with Gasteiger partial charge in [-0.2, -0.15) is 0 Å². The van der Waals surface area contributed by atoms with Gasteiger partial charge in [0.05, 0.1) is 16.7 Å². The number of nitrogens with zero attached hydrogens (tertiary/aromatic N) is 2. The minimum atomic E-state index is -1.32. The van der Waals surface area contributed by atoms with Crippen molar-refractivity contribution in [1.82, 2.24) is 9.55 Å². The zero-order valence-electron chi connectivity index (χ0n) is 12.2. The summed E-state index contributed by atoms with van der Waals surface area (Å²) in [5.74, 6) is -1.56. The Kier molecular flexibility index (Phi) is 3.23. The second-order valence-corrected chi connectivity index (χ2v) is 4.89. The average molecular weight is 284 g/mol. The number of ketones is 1. The molecule has 2 aromatic rings. The number of hydrogen-bond acceptors (Lipinski definition) is 4. The Morgan fingerprint density at radius 2 is 1.86 bits per heavy atom. The molecule has 1 aromatic carbocycles. The molecule has 0 unspecified atom stereocenters. The van der Waals surface area contributed by atoms with Gasteiger partial charge < -0.3 is 9.47 Å². The zero-order chi connectivity index (χ0) is 15.0. The van der Waals surface area contributed by atoms with Crippen molar-refractivity contribution in [2.45, 2.75) is 12.7 Å². The van der Waals surface area contributed by atoms with E-state index in [0.717, 1.165) is 16.7 Å². The molecule has 5 nitrogen and oxygen atoms in total. The van der Waals surface area contributed by atoms with Gasteiger partial charge in [0.2, 0.25) is 5.78 Å². The lowest BCUT2D eigenvalue weighted by Crippen LogP contribution is -2.44. The number of ether oxygens (including phenoxy) is 2. The highest BCUT2D eigenvalue weighted by atomic mass is 16.7. The summed E-state index contributed by atoms with van der Waals surface area (Å²) in [7, 11) is 2.92. The van der Waals surface area contributed by atoms with Crippen molar-refractivity contribution in [2.24, 2.45) is 0 Å². The summed E-state index contributed by atoms with van der Waals surface area (Å²) in [5.41, 5.74) is 3.28. The largest absolute Gasteiger partial charge is 0.343 e. The molecule has 0 fully saturated rings. The van der Waals surface area contributed by atoms with Crippen LogP contribution in [0.3, 0.4) is 0 Å². The number of methoxy groups -OCH3 is 2. The molecule has 0 amide bonds. The molecule has 0 N–H and O–H groups in total. The van der Waals surface area contributed by atoms with Crippen molar-refractivity contribution in [3.05, 3.63) is 48.3 Å². The minimum absolute atomic E-state index is 0.236. The molecule has 1 aliphatic rings. The predicted molar refractivity (Wildman–Crippen MR) is 79.5 cm³/mol. The van der Waals surface area contributed by atoms with Crippen LogP contribution in [-0.4, -0.2) is 35.3 Å². The lowest BCUT2D eigenvalue weighted by atomic mass is 9.95. The van der Waals surface area contributed by atoms with Crippen LogP contribution < -0.4 is 0 Å². The van der Waals surface area contributed by atoms with Gasteiger partial charge >= 0.3 is 0 Å². The Balaban J connectivity index is 2.12. The summed E-state index contributed by atoms with van der Waals surface area (Å²) in [5, 5.41) is 0. The van der Waals surface area contributed by atoms with Crippen LogP contribution in [0.25, 0.3) is 16.7 Å². The number of benzene rings is 1. The van der Waals surface area contributed by atoms with Crippen LogP contribution in [-0.2, 0) is 14.3 Å². The van der Waals surface area contributed by atoms with Gasteiger partial charge in [-0.25, -0.2) is 4.98 Å². The van der Waals surface area contributed by atoms with Crippen molar-refractivity contribution in [3.8, 4) is 0 Å². The third-order valence-electron chi connectivity index (χ3n) is 3.79. The number of para-hydroxylation sites is 2. The summed E-state index contributed by atoms with van der Waals surface area (Å²) in [6, 6.07) is 7.77. The summed E-state index contributed by atoms with van der Waals surface area (Å²) in [6.07, 6.45) is 5.11. The fourth-order valence-corrected chi connectivity index (χ4v) is 2.69. The molecule has 108 valence electrons. The van der Waals surface area contributed by atoms with Crippen LogP contribution in [0.5, 0.6) is 0 Å². The molecule has 0 bridgehead atoms. The van der Waals surface area contributed by atoms with Crippen molar-refractivity contribution in [2.75, 3.05) is 14.2 Å². The van der Waals surface area contributed by atoms with Gasteiger partial charge in [-0.15, -0.1) is 0 Å². The van der Waals surface area contributed by atoms with Crippen molar-refractivity contribution >= 4 is 22.5 Å². The van der Waals surface area contributed by atoms with Gasteiger partial charge in [-0.1, -0.05) is 12.1 Å². The number of carbonyl (C=O) groups excluding carboxylic acids is 1. The zero-order valence-corrected chi connectivity index (χ0v) is 12.2. The van der Waals surface area contributed by atoms with Gasteiger partial charge in [0.15, 0.2) is 0 Å². The smallest absolute Gasteiger partial charge is 0.256 e. The van der Waals surface area contributed by atoms with Gasteiger partial charge in [0.1, 0.15) is 6.33 Å².